The Bertz CT molecular complexity index is 1130. The molecule has 0 saturated carbocycles. The van der Waals surface area contributed by atoms with Crippen molar-refractivity contribution in [3.8, 4) is 0 Å². The highest BCUT2D eigenvalue weighted by molar-refractivity contribution is 7.17. The van der Waals surface area contributed by atoms with Gasteiger partial charge in [-0.05, 0) is 30.4 Å². The molecular weight excluding hydrogens is 369 g/mol. The molecule has 4 rings (SSSR count). The lowest BCUT2D eigenvalue weighted by Crippen LogP contribution is -2.43. The summed E-state index contributed by atoms with van der Waals surface area (Å²) in [4.78, 5) is 40.1. The van der Waals surface area contributed by atoms with E-state index >= 15 is 0 Å². The van der Waals surface area contributed by atoms with Crippen LogP contribution in [0.2, 0.25) is 0 Å². The minimum Gasteiger partial charge on any atom is -0.341 e. The Labute approximate surface area is 158 Å². The molecule has 0 atom stereocenters. The predicted octanol–water partition coefficient (Wildman–Crippen LogP) is 2.03. The van der Waals surface area contributed by atoms with E-state index < -0.39 is 17.1 Å². The summed E-state index contributed by atoms with van der Waals surface area (Å²) in [6.45, 7) is 1.09. The maximum atomic E-state index is 14.0. The molecule has 1 saturated heterocycles. The van der Waals surface area contributed by atoms with Crippen LogP contribution in [0.5, 0.6) is 0 Å². The third kappa shape index (κ3) is 3.21. The number of hydrogen-bond donors (Lipinski definition) is 0. The second-order valence-electron chi connectivity index (χ2n) is 6.57. The highest BCUT2D eigenvalue weighted by Crippen LogP contribution is 2.17. The number of benzene rings is 1. The molecule has 1 aromatic carbocycles. The van der Waals surface area contributed by atoms with E-state index in [1.807, 2.05) is 0 Å². The molecule has 0 bridgehead atoms. The molecule has 1 amide bonds. The quantitative estimate of drug-likeness (QED) is 0.688. The molecule has 1 aliphatic rings. The van der Waals surface area contributed by atoms with Crippen molar-refractivity contribution < 1.29 is 9.18 Å². The van der Waals surface area contributed by atoms with Crippen LogP contribution in [0, 0.1) is 5.82 Å². The van der Waals surface area contributed by atoms with Crippen molar-refractivity contribution in [3.63, 3.8) is 0 Å². The fourth-order valence-electron chi connectivity index (χ4n) is 3.42. The molecule has 0 aliphatic carbocycles. The van der Waals surface area contributed by atoms with Crippen LogP contribution in [-0.4, -0.2) is 33.0 Å². The molecule has 0 radical (unpaired) electrons. The number of nitrogens with zero attached hydrogens (tertiary/aromatic N) is 3. The van der Waals surface area contributed by atoms with E-state index in [4.69, 9.17) is 0 Å². The van der Waals surface area contributed by atoms with Gasteiger partial charge in [-0.1, -0.05) is 18.2 Å². The Morgan fingerprint density at radius 3 is 2.56 bits per heavy atom. The maximum Gasteiger partial charge on any atom is 0.332 e. The second-order valence-corrected chi connectivity index (χ2v) is 7.49. The summed E-state index contributed by atoms with van der Waals surface area (Å²) >= 11 is 1.21. The number of thiophene rings is 1. The van der Waals surface area contributed by atoms with Crippen LogP contribution in [0.3, 0.4) is 0 Å². The lowest BCUT2D eigenvalue weighted by molar-refractivity contribution is -0.130. The zero-order valence-electron chi connectivity index (χ0n) is 14.6. The molecule has 0 unspecified atom stereocenters. The van der Waals surface area contributed by atoms with E-state index in [1.54, 1.807) is 34.5 Å². The van der Waals surface area contributed by atoms with Crippen molar-refractivity contribution in [2.45, 2.75) is 25.9 Å². The van der Waals surface area contributed by atoms with E-state index in [0.29, 0.717) is 23.3 Å². The third-order valence-electron chi connectivity index (χ3n) is 4.87. The van der Waals surface area contributed by atoms with Crippen LogP contribution in [0.4, 0.5) is 4.39 Å². The average molecular weight is 387 g/mol. The first kappa shape index (κ1) is 17.7. The van der Waals surface area contributed by atoms with Gasteiger partial charge >= 0.3 is 5.69 Å². The first-order valence-electron chi connectivity index (χ1n) is 8.78. The summed E-state index contributed by atoms with van der Waals surface area (Å²) in [6.07, 6.45) is 1.92. The van der Waals surface area contributed by atoms with Gasteiger partial charge in [0.1, 0.15) is 17.1 Å². The first-order valence-corrected chi connectivity index (χ1v) is 9.66. The van der Waals surface area contributed by atoms with Crippen molar-refractivity contribution in [1.82, 2.24) is 14.0 Å². The summed E-state index contributed by atoms with van der Waals surface area (Å²) in [7, 11) is 0. The lowest BCUT2D eigenvalue weighted by atomic mass is 10.2. The number of carbonyl (C=O) groups is 1. The van der Waals surface area contributed by atoms with Crippen LogP contribution in [0.15, 0.2) is 45.3 Å². The molecule has 1 aliphatic heterocycles. The lowest BCUT2D eigenvalue weighted by Gasteiger charge is -2.17. The number of aromatic nitrogens is 2. The van der Waals surface area contributed by atoms with Crippen molar-refractivity contribution in [3.05, 3.63) is 67.9 Å². The summed E-state index contributed by atoms with van der Waals surface area (Å²) in [5, 5.41) is 1.72. The van der Waals surface area contributed by atoms with Crippen molar-refractivity contribution in [2.24, 2.45) is 0 Å². The molecule has 140 valence electrons. The molecule has 0 spiro atoms. The van der Waals surface area contributed by atoms with E-state index in [9.17, 15) is 18.8 Å². The van der Waals surface area contributed by atoms with Crippen molar-refractivity contribution in [1.29, 1.82) is 0 Å². The minimum absolute atomic E-state index is 0.121. The van der Waals surface area contributed by atoms with E-state index in [2.05, 4.69) is 0 Å². The highest BCUT2D eigenvalue weighted by atomic mass is 32.1. The fraction of sp³-hybridized carbons (Fsp3) is 0.316. The van der Waals surface area contributed by atoms with Gasteiger partial charge in [0.2, 0.25) is 5.91 Å². The van der Waals surface area contributed by atoms with E-state index in [1.165, 1.54) is 22.0 Å². The molecule has 6 nitrogen and oxygen atoms in total. The standard InChI is InChI=1S/C19H18FN3O3S/c20-14-6-2-1-5-13(14)11-23-18(25)17-15(7-10-27-17)22(19(23)26)12-16(24)21-8-3-4-9-21/h1-2,5-7,10H,3-4,8-9,11-12H2. The van der Waals surface area contributed by atoms with Gasteiger partial charge in [0.15, 0.2) is 0 Å². The Balaban J connectivity index is 1.80. The van der Waals surface area contributed by atoms with Gasteiger partial charge in [0.05, 0.1) is 12.1 Å². The van der Waals surface area contributed by atoms with Crippen LogP contribution in [-0.2, 0) is 17.9 Å². The van der Waals surface area contributed by atoms with Crippen molar-refractivity contribution in [2.75, 3.05) is 13.1 Å². The Kier molecular flexibility index (Phi) is 4.65. The van der Waals surface area contributed by atoms with Gasteiger partial charge in [-0.25, -0.2) is 9.18 Å². The molecule has 27 heavy (non-hydrogen) atoms. The fourth-order valence-corrected chi connectivity index (χ4v) is 4.27. The first-order chi connectivity index (χ1) is 13.1. The van der Waals surface area contributed by atoms with Crippen LogP contribution in [0.1, 0.15) is 18.4 Å². The SMILES string of the molecule is O=C(Cn1c(=O)n(Cc2ccccc2F)c(=O)c2sccc21)N1CCCC1. The number of likely N-dealkylation sites (tertiary alicyclic amines) is 1. The number of rotatable bonds is 4. The monoisotopic (exact) mass is 387 g/mol. The smallest absolute Gasteiger partial charge is 0.332 e. The van der Waals surface area contributed by atoms with Crippen LogP contribution in [0.25, 0.3) is 10.2 Å². The van der Waals surface area contributed by atoms with Gasteiger partial charge in [0.25, 0.3) is 5.56 Å². The third-order valence-corrected chi connectivity index (χ3v) is 5.77. The minimum atomic E-state index is -0.596. The van der Waals surface area contributed by atoms with Gasteiger partial charge < -0.3 is 4.90 Å². The van der Waals surface area contributed by atoms with E-state index in [-0.39, 0.29) is 24.6 Å². The van der Waals surface area contributed by atoms with Gasteiger partial charge in [0, 0.05) is 18.7 Å². The van der Waals surface area contributed by atoms with Crippen molar-refractivity contribution >= 4 is 27.5 Å². The summed E-state index contributed by atoms with van der Waals surface area (Å²) in [5.41, 5.74) is -0.350. The molecule has 8 heteroatoms. The van der Waals surface area contributed by atoms with Gasteiger partial charge in [-0.2, -0.15) is 0 Å². The zero-order valence-corrected chi connectivity index (χ0v) is 15.4. The molecule has 3 aromatic rings. The van der Waals surface area contributed by atoms with E-state index in [0.717, 1.165) is 17.4 Å². The normalized spacial score (nSPS) is 14.2. The average Bonchev–Trinajstić information content (AvgIpc) is 3.35. The number of hydrogen-bond acceptors (Lipinski definition) is 4. The molecule has 0 N–H and O–H groups in total. The molecule has 3 heterocycles. The Hall–Kier alpha value is -2.74. The Morgan fingerprint density at radius 1 is 1.07 bits per heavy atom. The molecular formula is C19H18FN3O3S. The largest absolute Gasteiger partial charge is 0.341 e. The predicted molar refractivity (Wildman–Crippen MR) is 102 cm³/mol. The van der Waals surface area contributed by atoms with Crippen LogP contribution >= 0.6 is 11.3 Å². The summed E-state index contributed by atoms with van der Waals surface area (Å²) < 4.78 is 16.8. The maximum absolute atomic E-state index is 14.0. The number of carbonyl (C=O) groups excluding carboxylic acids is 1. The van der Waals surface area contributed by atoms with Crippen LogP contribution < -0.4 is 11.2 Å². The topological polar surface area (TPSA) is 64.3 Å². The van der Waals surface area contributed by atoms with Gasteiger partial charge in [-0.3, -0.25) is 18.7 Å². The number of halogens is 1. The highest BCUT2D eigenvalue weighted by Gasteiger charge is 2.22. The number of fused-ring (bicyclic) bond motifs is 1. The summed E-state index contributed by atoms with van der Waals surface area (Å²) in [5.74, 6) is -0.618. The molecule has 1 fully saturated rings. The number of amides is 1. The molecule has 2 aromatic heterocycles. The Morgan fingerprint density at radius 2 is 1.81 bits per heavy atom. The summed E-state index contributed by atoms with van der Waals surface area (Å²) in [6, 6.07) is 7.71. The zero-order chi connectivity index (χ0) is 19.0. The van der Waals surface area contributed by atoms with Gasteiger partial charge in [-0.15, -0.1) is 11.3 Å². The second kappa shape index (κ2) is 7.11.